The molecule has 2 rings (SSSR count). The van der Waals surface area contributed by atoms with Crippen molar-refractivity contribution < 1.29 is 0 Å². The third-order valence-corrected chi connectivity index (χ3v) is 3.91. The van der Waals surface area contributed by atoms with Crippen LogP contribution in [-0.2, 0) is 6.54 Å². The summed E-state index contributed by atoms with van der Waals surface area (Å²) in [6.07, 6.45) is 5.41. The molecule has 108 valence electrons. The average molecular weight is 338 g/mol. The highest BCUT2D eigenvalue weighted by Crippen LogP contribution is 2.28. The lowest BCUT2D eigenvalue weighted by molar-refractivity contribution is 0.368. The summed E-state index contributed by atoms with van der Waals surface area (Å²) in [7, 11) is 4.09. The fourth-order valence-corrected chi connectivity index (χ4v) is 2.65. The second kappa shape index (κ2) is 6.47. The van der Waals surface area contributed by atoms with Gasteiger partial charge in [-0.05, 0) is 54.1 Å². The van der Waals surface area contributed by atoms with Crippen LogP contribution in [0, 0.1) is 6.92 Å². The summed E-state index contributed by atoms with van der Waals surface area (Å²) in [5.74, 6) is 0. The standard InChI is InChI=1S/C14H20BrN5/c1-10-4-5-17-8-11(10)13(16)14-12(15)9-18-20(14)7-6-19(2)3/h4-5,8-9,13H,6-7,16H2,1-3H3. The van der Waals surface area contributed by atoms with E-state index in [9.17, 15) is 0 Å². The second-order valence-electron chi connectivity index (χ2n) is 5.11. The zero-order valence-electron chi connectivity index (χ0n) is 12.0. The fourth-order valence-electron chi connectivity index (χ4n) is 2.10. The summed E-state index contributed by atoms with van der Waals surface area (Å²) in [6.45, 7) is 3.77. The van der Waals surface area contributed by atoms with Crippen LogP contribution in [0.1, 0.15) is 22.9 Å². The molecule has 0 saturated heterocycles. The van der Waals surface area contributed by atoms with E-state index >= 15 is 0 Å². The number of hydrogen-bond donors (Lipinski definition) is 1. The van der Waals surface area contributed by atoms with Crippen molar-refractivity contribution in [3.63, 3.8) is 0 Å². The number of hydrogen-bond acceptors (Lipinski definition) is 4. The molecule has 0 bridgehead atoms. The third kappa shape index (κ3) is 3.26. The molecule has 2 N–H and O–H groups in total. The van der Waals surface area contributed by atoms with Gasteiger partial charge in [0.1, 0.15) is 0 Å². The van der Waals surface area contributed by atoms with Gasteiger partial charge in [0.05, 0.1) is 29.0 Å². The summed E-state index contributed by atoms with van der Waals surface area (Å²) < 4.78 is 2.90. The number of aryl methyl sites for hydroxylation is 1. The van der Waals surface area contributed by atoms with E-state index in [4.69, 9.17) is 5.73 Å². The minimum atomic E-state index is -0.234. The van der Waals surface area contributed by atoms with Crippen LogP contribution in [0.15, 0.2) is 29.1 Å². The van der Waals surface area contributed by atoms with Crippen molar-refractivity contribution in [1.29, 1.82) is 0 Å². The van der Waals surface area contributed by atoms with Gasteiger partial charge in [-0.15, -0.1) is 0 Å². The topological polar surface area (TPSA) is 60.0 Å². The van der Waals surface area contributed by atoms with Crippen molar-refractivity contribution in [3.8, 4) is 0 Å². The fraction of sp³-hybridized carbons (Fsp3) is 0.429. The summed E-state index contributed by atoms with van der Waals surface area (Å²) in [4.78, 5) is 6.30. The van der Waals surface area contributed by atoms with E-state index in [1.165, 1.54) is 0 Å². The molecule has 0 amide bonds. The molecule has 6 heteroatoms. The molecule has 0 aromatic carbocycles. The van der Waals surface area contributed by atoms with Gasteiger partial charge in [0.15, 0.2) is 0 Å². The number of aromatic nitrogens is 3. The minimum Gasteiger partial charge on any atom is -0.319 e. The highest BCUT2D eigenvalue weighted by Gasteiger charge is 2.19. The molecule has 0 saturated carbocycles. The van der Waals surface area contributed by atoms with Gasteiger partial charge < -0.3 is 10.6 Å². The second-order valence-corrected chi connectivity index (χ2v) is 5.97. The third-order valence-electron chi connectivity index (χ3n) is 3.30. The zero-order valence-corrected chi connectivity index (χ0v) is 13.6. The van der Waals surface area contributed by atoms with E-state index in [0.717, 1.165) is 34.4 Å². The Morgan fingerprint density at radius 3 is 2.80 bits per heavy atom. The molecular formula is C14H20BrN5. The highest BCUT2D eigenvalue weighted by atomic mass is 79.9. The van der Waals surface area contributed by atoms with Gasteiger partial charge >= 0.3 is 0 Å². The van der Waals surface area contributed by atoms with Gasteiger partial charge in [-0.3, -0.25) is 9.67 Å². The molecule has 2 heterocycles. The van der Waals surface area contributed by atoms with Gasteiger partial charge in [0.25, 0.3) is 0 Å². The van der Waals surface area contributed by atoms with E-state index in [0.29, 0.717) is 0 Å². The molecule has 2 aromatic rings. The Morgan fingerprint density at radius 1 is 1.40 bits per heavy atom. The van der Waals surface area contributed by atoms with Gasteiger partial charge in [-0.1, -0.05) is 0 Å². The van der Waals surface area contributed by atoms with Gasteiger partial charge in [-0.25, -0.2) is 0 Å². The van der Waals surface area contributed by atoms with Crippen molar-refractivity contribution in [2.24, 2.45) is 5.73 Å². The number of pyridine rings is 1. The van der Waals surface area contributed by atoms with E-state index in [1.807, 2.05) is 38.0 Å². The molecule has 0 aliphatic rings. The first-order valence-corrected chi connectivity index (χ1v) is 7.32. The Hall–Kier alpha value is -1.24. The Bertz CT molecular complexity index is 579. The molecule has 0 aliphatic heterocycles. The zero-order chi connectivity index (χ0) is 14.7. The summed E-state index contributed by atoms with van der Waals surface area (Å²) in [5.41, 5.74) is 9.58. The van der Waals surface area contributed by atoms with Crippen molar-refractivity contribution >= 4 is 15.9 Å². The maximum Gasteiger partial charge on any atom is 0.0752 e. The normalized spacial score (nSPS) is 12.9. The van der Waals surface area contributed by atoms with Gasteiger partial charge in [-0.2, -0.15) is 5.10 Å². The predicted octanol–water partition coefficient (Wildman–Crippen LogP) is 1.96. The molecule has 2 aromatic heterocycles. The molecule has 0 fully saturated rings. The SMILES string of the molecule is Cc1ccncc1C(N)c1c(Br)cnn1CCN(C)C. The molecule has 1 atom stereocenters. The lowest BCUT2D eigenvalue weighted by atomic mass is 10.0. The Kier molecular flexibility index (Phi) is 4.91. The van der Waals surface area contributed by atoms with Crippen LogP contribution in [0.3, 0.4) is 0 Å². The molecule has 5 nitrogen and oxygen atoms in total. The van der Waals surface area contributed by atoms with E-state index in [2.05, 4.69) is 30.9 Å². The maximum atomic E-state index is 6.43. The van der Waals surface area contributed by atoms with Gasteiger partial charge in [0.2, 0.25) is 0 Å². The van der Waals surface area contributed by atoms with E-state index < -0.39 is 0 Å². The summed E-state index contributed by atoms with van der Waals surface area (Å²) >= 11 is 3.55. The van der Waals surface area contributed by atoms with Crippen LogP contribution in [0.2, 0.25) is 0 Å². The van der Waals surface area contributed by atoms with Crippen molar-refractivity contribution in [3.05, 3.63) is 46.0 Å². The molecule has 0 aliphatic carbocycles. The summed E-state index contributed by atoms with van der Waals surface area (Å²) in [5, 5.41) is 4.41. The number of rotatable bonds is 5. The Balaban J connectivity index is 2.32. The van der Waals surface area contributed by atoms with E-state index in [1.54, 1.807) is 12.4 Å². The number of nitrogens with zero attached hydrogens (tertiary/aromatic N) is 4. The molecule has 20 heavy (non-hydrogen) atoms. The van der Waals surface area contributed by atoms with Crippen LogP contribution < -0.4 is 5.73 Å². The largest absolute Gasteiger partial charge is 0.319 e. The first-order valence-electron chi connectivity index (χ1n) is 6.52. The number of nitrogens with two attached hydrogens (primary N) is 1. The Labute approximate surface area is 127 Å². The molecule has 0 spiro atoms. The lowest BCUT2D eigenvalue weighted by Crippen LogP contribution is -2.24. The number of likely N-dealkylation sites (N-methyl/N-ethyl adjacent to an activating group) is 1. The van der Waals surface area contributed by atoms with Gasteiger partial charge in [0, 0.05) is 18.9 Å². The van der Waals surface area contributed by atoms with Crippen LogP contribution in [-0.4, -0.2) is 40.3 Å². The average Bonchev–Trinajstić information content (AvgIpc) is 2.77. The highest BCUT2D eigenvalue weighted by molar-refractivity contribution is 9.10. The van der Waals surface area contributed by atoms with Crippen LogP contribution in [0.25, 0.3) is 0 Å². The molecule has 0 radical (unpaired) electrons. The molecular weight excluding hydrogens is 318 g/mol. The first kappa shape index (κ1) is 15.2. The first-order chi connectivity index (χ1) is 9.50. The molecule has 1 unspecified atom stereocenters. The Morgan fingerprint density at radius 2 is 2.15 bits per heavy atom. The van der Waals surface area contributed by atoms with Crippen molar-refractivity contribution in [2.45, 2.75) is 19.5 Å². The monoisotopic (exact) mass is 337 g/mol. The smallest absolute Gasteiger partial charge is 0.0752 e. The van der Waals surface area contributed by atoms with Crippen LogP contribution in [0.5, 0.6) is 0 Å². The maximum absolute atomic E-state index is 6.43. The summed E-state index contributed by atoms with van der Waals surface area (Å²) in [6, 6.07) is 1.74. The quantitative estimate of drug-likeness (QED) is 0.905. The van der Waals surface area contributed by atoms with Crippen LogP contribution >= 0.6 is 15.9 Å². The van der Waals surface area contributed by atoms with Crippen molar-refractivity contribution in [2.75, 3.05) is 20.6 Å². The van der Waals surface area contributed by atoms with Crippen molar-refractivity contribution in [1.82, 2.24) is 19.7 Å². The predicted molar refractivity (Wildman–Crippen MR) is 83.5 cm³/mol. The van der Waals surface area contributed by atoms with E-state index in [-0.39, 0.29) is 6.04 Å². The number of halogens is 1. The van der Waals surface area contributed by atoms with Crippen LogP contribution in [0.4, 0.5) is 0 Å². The minimum absolute atomic E-state index is 0.234. The lowest BCUT2D eigenvalue weighted by Gasteiger charge is -2.18.